The Morgan fingerprint density at radius 1 is 0.931 bits per heavy atom. The van der Waals surface area contributed by atoms with E-state index in [-0.39, 0.29) is 17.5 Å². The summed E-state index contributed by atoms with van der Waals surface area (Å²) in [6, 6.07) is 20.3. The molecule has 6 heteroatoms. The van der Waals surface area contributed by atoms with Crippen LogP contribution in [0.15, 0.2) is 94.2 Å². The summed E-state index contributed by atoms with van der Waals surface area (Å²) in [6.07, 6.45) is 4.96. The molecule has 2 amide bonds. The van der Waals surface area contributed by atoms with Gasteiger partial charge >= 0.3 is 0 Å². The van der Waals surface area contributed by atoms with E-state index in [1.807, 2.05) is 42.5 Å². The number of hydrazone groups is 1. The number of nitrogens with one attached hydrogen (secondary N) is 1. The minimum absolute atomic E-state index is 0.204. The number of rotatable bonds is 3. The van der Waals surface area contributed by atoms with Gasteiger partial charge < -0.3 is 9.73 Å². The highest BCUT2D eigenvalue weighted by molar-refractivity contribution is 6.53. The van der Waals surface area contributed by atoms with Crippen molar-refractivity contribution in [3.8, 4) is 0 Å². The molecule has 0 fully saturated rings. The first-order valence-electron chi connectivity index (χ1n) is 9.07. The van der Waals surface area contributed by atoms with Crippen LogP contribution in [0.25, 0.3) is 11.8 Å². The Hall–Kier alpha value is -4.19. The molecule has 0 spiro atoms. The Bertz CT molecular complexity index is 1210. The molecule has 2 aliphatic heterocycles. The molecule has 0 aliphatic carbocycles. The van der Waals surface area contributed by atoms with Gasteiger partial charge in [0.05, 0.1) is 17.6 Å². The summed E-state index contributed by atoms with van der Waals surface area (Å²) in [5, 5.41) is 8.52. The molecular formula is C23H15N3O3. The van der Waals surface area contributed by atoms with Crippen LogP contribution in [0, 0.1) is 0 Å². The summed E-state index contributed by atoms with van der Waals surface area (Å²) >= 11 is 0. The third-order valence-electron chi connectivity index (χ3n) is 4.72. The Kier molecular flexibility index (Phi) is 3.95. The molecule has 3 heterocycles. The minimum Gasteiger partial charge on any atom is -0.465 e. The van der Waals surface area contributed by atoms with E-state index in [0.29, 0.717) is 28.3 Å². The smallest absolute Gasteiger partial charge is 0.278 e. The number of hydrogen-bond acceptors (Lipinski definition) is 4. The quantitative estimate of drug-likeness (QED) is 0.699. The van der Waals surface area contributed by atoms with Gasteiger partial charge in [0, 0.05) is 16.7 Å². The van der Waals surface area contributed by atoms with Crippen molar-refractivity contribution in [2.75, 3.05) is 5.32 Å². The van der Waals surface area contributed by atoms with Gasteiger partial charge in [0.15, 0.2) is 5.71 Å². The largest absolute Gasteiger partial charge is 0.465 e. The monoisotopic (exact) mass is 381 g/mol. The highest BCUT2D eigenvalue weighted by Gasteiger charge is 2.33. The molecular weight excluding hydrogens is 366 g/mol. The van der Waals surface area contributed by atoms with Crippen molar-refractivity contribution in [1.82, 2.24) is 5.01 Å². The van der Waals surface area contributed by atoms with Crippen LogP contribution in [0.4, 0.5) is 5.69 Å². The lowest BCUT2D eigenvalue weighted by Gasteiger charge is -2.15. The standard InChI is InChI=1S/C23H15N3O3/c27-22-21(18-10-4-5-11-19(18)24-22)25-26-20(15-7-2-1-3-8-15)14-16(23(26)28)13-17-9-6-12-29-17/h1-14H,(H,24,25,27)/b16-13+. The fourth-order valence-corrected chi connectivity index (χ4v) is 3.35. The third kappa shape index (κ3) is 2.96. The zero-order valence-electron chi connectivity index (χ0n) is 15.2. The number of anilines is 1. The minimum atomic E-state index is -0.338. The lowest BCUT2D eigenvalue weighted by molar-refractivity contribution is -0.123. The molecule has 2 aromatic carbocycles. The number of para-hydroxylation sites is 1. The maximum atomic E-state index is 13.1. The zero-order valence-corrected chi connectivity index (χ0v) is 15.2. The second kappa shape index (κ2) is 6.76. The number of carbonyl (C=O) groups is 2. The molecule has 0 saturated heterocycles. The van der Waals surface area contributed by atoms with Gasteiger partial charge in [-0.3, -0.25) is 9.59 Å². The van der Waals surface area contributed by atoms with E-state index in [1.54, 1.807) is 42.7 Å². The van der Waals surface area contributed by atoms with Crippen molar-refractivity contribution in [2.24, 2.45) is 5.10 Å². The van der Waals surface area contributed by atoms with E-state index >= 15 is 0 Å². The molecule has 0 saturated carbocycles. The first-order chi connectivity index (χ1) is 14.2. The van der Waals surface area contributed by atoms with E-state index in [9.17, 15) is 9.59 Å². The van der Waals surface area contributed by atoms with Crippen molar-refractivity contribution in [1.29, 1.82) is 0 Å². The van der Waals surface area contributed by atoms with Crippen molar-refractivity contribution >= 4 is 35.0 Å². The first-order valence-corrected chi connectivity index (χ1v) is 9.07. The lowest BCUT2D eigenvalue weighted by atomic mass is 10.1. The molecule has 3 aromatic rings. The summed E-state index contributed by atoms with van der Waals surface area (Å²) in [5.74, 6) is -0.102. The summed E-state index contributed by atoms with van der Waals surface area (Å²) in [5.41, 5.74) is 3.39. The molecule has 140 valence electrons. The van der Waals surface area contributed by atoms with Crippen molar-refractivity contribution in [3.63, 3.8) is 0 Å². The van der Waals surface area contributed by atoms with Crippen LogP contribution in [-0.4, -0.2) is 22.5 Å². The van der Waals surface area contributed by atoms with Crippen LogP contribution in [0.2, 0.25) is 0 Å². The summed E-state index contributed by atoms with van der Waals surface area (Å²) in [4.78, 5) is 25.6. The van der Waals surface area contributed by atoms with Gasteiger partial charge in [0.2, 0.25) is 0 Å². The van der Waals surface area contributed by atoms with Gasteiger partial charge in [0.1, 0.15) is 5.76 Å². The van der Waals surface area contributed by atoms with Crippen LogP contribution in [0.3, 0.4) is 0 Å². The van der Waals surface area contributed by atoms with E-state index in [0.717, 1.165) is 5.56 Å². The number of fused-ring (bicyclic) bond motifs is 1. The van der Waals surface area contributed by atoms with Gasteiger partial charge in [-0.05, 0) is 30.4 Å². The molecule has 2 aliphatic rings. The SMILES string of the molecule is O=C1Nc2ccccc2/C1=N\N1C(=O)/C(=C/c2ccco2)C=C1c1ccccc1. The average Bonchev–Trinajstić information content (AvgIpc) is 3.44. The van der Waals surface area contributed by atoms with E-state index in [2.05, 4.69) is 10.4 Å². The zero-order chi connectivity index (χ0) is 19.8. The van der Waals surface area contributed by atoms with Crippen LogP contribution in [0.1, 0.15) is 16.9 Å². The van der Waals surface area contributed by atoms with Crippen molar-refractivity contribution in [3.05, 3.63) is 102 Å². The molecule has 0 radical (unpaired) electrons. The maximum absolute atomic E-state index is 13.1. The van der Waals surface area contributed by atoms with Crippen LogP contribution >= 0.6 is 0 Å². The van der Waals surface area contributed by atoms with Crippen LogP contribution < -0.4 is 5.32 Å². The molecule has 29 heavy (non-hydrogen) atoms. The molecule has 1 aromatic heterocycles. The Morgan fingerprint density at radius 2 is 1.72 bits per heavy atom. The summed E-state index contributed by atoms with van der Waals surface area (Å²) in [6.45, 7) is 0. The second-order valence-corrected chi connectivity index (χ2v) is 6.58. The molecule has 6 nitrogen and oxygen atoms in total. The van der Waals surface area contributed by atoms with Gasteiger partial charge in [0.25, 0.3) is 11.8 Å². The third-order valence-corrected chi connectivity index (χ3v) is 4.72. The van der Waals surface area contributed by atoms with E-state index < -0.39 is 0 Å². The predicted molar refractivity (Wildman–Crippen MR) is 110 cm³/mol. The van der Waals surface area contributed by atoms with Crippen molar-refractivity contribution < 1.29 is 14.0 Å². The number of benzene rings is 2. The normalized spacial score (nSPS) is 18.3. The molecule has 0 bridgehead atoms. The predicted octanol–water partition coefficient (Wildman–Crippen LogP) is 3.90. The van der Waals surface area contributed by atoms with E-state index in [4.69, 9.17) is 4.42 Å². The maximum Gasteiger partial charge on any atom is 0.278 e. The highest BCUT2D eigenvalue weighted by atomic mass is 16.3. The fourth-order valence-electron chi connectivity index (χ4n) is 3.35. The molecule has 1 N–H and O–H groups in total. The molecule has 0 atom stereocenters. The lowest BCUT2D eigenvalue weighted by Crippen LogP contribution is -2.25. The summed E-state index contributed by atoms with van der Waals surface area (Å²) < 4.78 is 5.34. The van der Waals surface area contributed by atoms with E-state index in [1.165, 1.54) is 5.01 Å². The highest BCUT2D eigenvalue weighted by Crippen LogP contribution is 2.32. The van der Waals surface area contributed by atoms with Gasteiger partial charge in [-0.25, -0.2) is 0 Å². The number of hydrogen-bond donors (Lipinski definition) is 1. The molecule has 5 rings (SSSR count). The molecule has 0 unspecified atom stereocenters. The van der Waals surface area contributed by atoms with Gasteiger partial charge in [-0.1, -0.05) is 48.5 Å². The fraction of sp³-hybridized carbons (Fsp3) is 0. The topological polar surface area (TPSA) is 74.9 Å². The Morgan fingerprint density at radius 3 is 2.52 bits per heavy atom. The first kappa shape index (κ1) is 16.9. The van der Waals surface area contributed by atoms with Gasteiger partial charge in [-0.15, -0.1) is 0 Å². The second-order valence-electron chi connectivity index (χ2n) is 6.58. The number of amides is 2. The van der Waals surface area contributed by atoms with Crippen LogP contribution in [-0.2, 0) is 9.59 Å². The average molecular weight is 381 g/mol. The summed E-state index contributed by atoms with van der Waals surface area (Å²) in [7, 11) is 0. The van der Waals surface area contributed by atoms with Crippen LogP contribution in [0.5, 0.6) is 0 Å². The van der Waals surface area contributed by atoms with Gasteiger partial charge in [-0.2, -0.15) is 10.1 Å². The van der Waals surface area contributed by atoms with Crippen molar-refractivity contribution in [2.45, 2.75) is 0 Å². The Balaban J connectivity index is 1.62. The number of carbonyl (C=O) groups excluding carboxylic acids is 2. The Labute approximate surface area is 166 Å². The number of furan rings is 1. The number of nitrogens with zero attached hydrogens (tertiary/aromatic N) is 2.